The Kier molecular flexibility index (Phi) is 68.1. The summed E-state index contributed by atoms with van der Waals surface area (Å²) in [6.45, 7) is 4.99. The zero-order valence-corrected chi connectivity index (χ0v) is 62.7. The van der Waals surface area contributed by atoms with E-state index < -0.39 is 97.5 Å². The highest BCUT2D eigenvalue weighted by molar-refractivity contribution is 7.47. The Morgan fingerprint density at radius 3 is 0.628 bits per heavy atom. The van der Waals surface area contributed by atoms with E-state index in [0.29, 0.717) is 25.7 Å². The Morgan fingerprint density at radius 2 is 0.426 bits per heavy atom. The molecule has 0 fully saturated rings. The van der Waals surface area contributed by atoms with Crippen molar-refractivity contribution in [3.8, 4) is 0 Å². The van der Waals surface area contributed by atoms with Crippen molar-refractivity contribution >= 4 is 39.5 Å². The van der Waals surface area contributed by atoms with Crippen molar-refractivity contribution in [2.45, 2.75) is 418 Å². The van der Waals surface area contributed by atoms with E-state index >= 15 is 0 Å². The number of phosphoric acid groups is 2. The molecule has 17 nitrogen and oxygen atoms in total. The summed E-state index contributed by atoms with van der Waals surface area (Å²) in [7, 11) is -9.91. The van der Waals surface area contributed by atoms with Gasteiger partial charge in [0.25, 0.3) is 0 Å². The van der Waals surface area contributed by atoms with Crippen molar-refractivity contribution < 1.29 is 80.2 Å². The minimum atomic E-state index is -4.95. The van der Waals surface area contributed by atoms with Crippen molar-refractivity contribution in [1.29, 1.82) is 0 Å². The Hall–Kier alpha value is -1.94. The molecule has 0 saturated carbocycles. The van der Waals surface area contributed by atoms with Gasteiger partial charge in [-0.25, -0.2) is 9.13 Å². The Morgan fingerprint density at radius 1 is 0.255 bits per heavy atom. The van der Waals surface area contributed by atoms with Gasteiger partial charge in [-0.15, -0.1) is 0 Å². The van der Waals surface area contributed by atoms with Crippen LogP contribution in [-0.2, 0) is 65.4 Å². The van der Waals surface area contributed by atoms with Gasteiger partial charge in [0, 0.05) is 25.7 Å². The maximum Gasteiger partial charge on any atom is 0.472 e. The van der Waals surface area contributed by atoms with Crippen LogP contribution in [0.2, 0.25) is 0 Å². The molecule has 0 spiro atoms. The second kappa shape index (κ2) is 69.5. The lowest BCUT2D eigenvalue weighted by Crippen LogP contribution is -2.30. The van der Waals surface area contributed by atoms with E-state index in [1.54, 1.807) is 0 Å². The highest BCUT2D eigenvalue weighted by Crippen LogP contribution is 2.45. The summed E-state index contributed by atoms with van der Waals surface area (Å²) >= 11 is 0. The molecule has 0 aromatic carbocycles. The molecule has 0 radical (unpaired) electrons. The van der Waals surface area contributed by atoms with Crippen LogP contribution >= 0.6 is 15.6 Å². The first-order valence-electron chi connectivity index (χ1n) is 39.3. The summed E-state index contributed by atoms with van der Waals surface area (Å²) in [5.41, 5.74) is 0. The predicted octanol–water partition coefficient (Wildman–Crippen LogP) is 22.2. The second-order valence-corrected chi connectivity index (χ2v) is 29.9. The van der Waals surface area contributed by atoms with E-state index in [1.807, 2.05) is 0 Å². The molecule has 0 bridgehead atoms. The highest BCUT2D eigenvalue weighted by atomic mass is 31.2. The van der Waals surface area contributed by atoms with Gasteiger partial charge in [-0.05, 0) is 25.7 Å². The van der Waals surface area contributed by atoms with Gasteiger partial charge in [-0.2, -0.15) is 0 Å². The molecule has 0 aromatic rings. The summed E-state index contributed by atoms with van der Waals surface area (Å²) in [4.78, 5) is 72.8. The molecule has 558 valence electrons. The van der Waals surface area contributed by atoms with E-state index in [9.17, 15) is 43.2 Å². The van der Waals surface area contributed by atoms with Crippen LogP contribution in [0.3, 0.4) is 0 Å². The van der Waals surface area contributed by atoms with Gasteiger partial charge in [-0.1, -0.05) is 349 Å². The molecule has 0 amide bonds. The molecule has 3 N–H and O–H groups in total. The molecule has 0 aromatic heterocycles. The molecule has 5 atom stereocenters. The average molecular weight is 1380 g/mol. The van der Waals surface area contributed by atoms with Gasteiger partial charge in [0.1, 0.15) is 19.3 Å². The summed E-state index contributed by atoms with van der Waals surface area (Å²) in [6.07, 6.45) is 59.4. The minimum Gasteiger partial charge on any atom is -0.462 e. The number of phosphoric ester groups is 2. The smallest absolute Gasteiger partial charge is 0.462 e. The van der Waals surface area contributed by atoms with Gasteiger partial charge in [-0.3, -0.25) is 37.3 Å². The van der Waals surface area contributed by atoms with E-state index in [4.69, 9.17) is 37.0 Å². The predicted molar refractivity (Wildman–Crippen MR) is 382 cm³/mol. The van der Waals surface area contributed by atoms with Gasteiger partial charge >= 0.3 is 39.5 Å². The Balaban J connectivity index is 5.24. The van der Waals surface area contributed by atoms with Crippen molar-refractivity contribution in [3.05, 3.63) is 0 Å². The monoisotopic (exact) mass is 1380 g/mol. The van der Waals surface area contributed by atoms with E-state index in [2.05, 4.69) is 27.7 Å². The SMILES string of the molecule is CCCCCCCCCCCCCCCCCC(=O)OC[C@H](COP(=O)(O)OC[C@@H](O)COP(=O)(O)OC[C@@H](COC(=O)CCCCCCCCCCCC)OC(=O)CCCCCCCCCCCCCCCC)OC(=O)CCCCCCCCCCCCCCCCC. The number of carbonyl (C=O) groups is 4. The molecule has 0 saturated heterocycles. The van der Waals surface area contributed by atoms with Gasteiger partial charge in [0.05, 0.1) is 26.4 Å². The molecule has 0 aliphatic carbocycles. The van der Waals surface area contributed by atoms with Crippen LogP contribution < -0.4 is 0 Å². The number of carbonyl (C=O) groups excluding carboxylic acids is 4. The third-order valence-electron chi connectivity index (χ3n) is 17.6. The minimum absolute atomic E-state index is 0.109. The zero-order chi connectivity index (χ0) is 69.0. The molecule has 19 heteroatoms. The van der Waals surface area contributed by atoms with Crippen molar-refractivity contribution in [1.82, 2.24) is 0 Å². The molecule has 0 rings (SSSR count). The van der Waals surface area contributed by atoms with Gasteiger partial charge in [0.2, 0.25) is 0 Å². The normalized spacial score (nSPS) is 13.9. The van der Waals surface area contributed by atoms with Crippen molar-refractivity contribution in [2.24, 2.45) is 0 Å². The van der Waals surface area contributed by atoms with Crippen LogP contribution in [0.4, 0.5) is 0 Å². The van der Waals surface area contributed by atoms with Crippen molar-refractivity contribution in [2.75, 3.05) is 39.6 Å². The standard InChI is InChI=1S/C75H146O17P2/c1-5-9-13-17-21-25-29-32-35-38-40-44-48-52-56-60-73(78)86-66-71(92-75(80)62-58-54-50-46-42-39-36-33-30-26-22-18-14-10-6-2)68-90-94(83,84)88-64-69(76)63-87-93(81,82)89-67-70(65-85-72(77)59-55-51-47-43-28-24-20-16-12-8-4)91-74(79)61-57-53-49-45-41-37-34-31-27-23-19-15-11-7-3/h69-71,76H,5-68H2,1-4H3,(H,81,82)(H,83,84)/t69-,70+,71+/m0/s1. The van der Waals surface area contributed by atoms with Crippen LogP contribution in [0.5, 0.6) is 0 Å². The fraction of sp³-hybridized carbons (Fsp3) is 0.947. The van der Waals surface area contributed by atoms with E-state index in [-0.39, 0.29) is 25.7 Å². The van der Waals surface area contributed by atoms with Gasteiger partial charge in [0.15, 0.2) is 12.2 Å². The molecule has 0 heterocycles. The molecular weight excluding hydrogens is 1230 g/mol. The summed E-state index contributed by atoms with van der Waals surface area (Å²) < 4.78 is 68.5. The van der Waals surface area contributed by atoms with Crippen LogP contribution in [0.1, 0.15) is 400 Å². The van der Waals surface area contributed by atoms with Crippen LogP contribution in [0, 0.1) is 0 Å². The highest BCUT2D eigenvalue weighted by Gasteiger charge is 2.30. The zero-order valence-electron chi connectivity index (χ0n) is 60.9. The maximum absolute atomic E-state index is 13.1. The molecular formula is C75H146O17P2. The lowest BCUT2D eigenvalue weighted by molar-refractivity contribution is -0.161. The molecule has 2 unspecified atom stereocenters. The fourth-order valence-electron chi connectivity index (χ4n) is 11.6. The largest absolute Gasteiger partial charge is 0.472 e. The number of rotatable bonds is 76. The maximum atomic E-state index is 13.1. The Labute approximate surface area is 575 Å². The quantitative estimate of drug-likeness (QED) is 0.0222. The summed E-state index contributed by atoms with van der Waals surface area (Å²) in [5.74, 6) is -2.11. The fourth-order valence-corrected chi connectivity index (χ4v) is 13.2. The second-order valence-electron chi connectivity index (χ2n) is 27.0. The number of unbranched alkanes of at least 4 members (excludes halogenated alkanes) is 50. The number of ether oxygens (including phenoxy) is 4. The molecule has 0 aliphatic heterocycles. The van der Waals surface area contributed by atoms with Crippen molar-refractivity contribution in [3.63, 3.8) is 0 Å². The summed E-state index contributed by atoms with van der Waals surface area (Å²) in [6, 6.07) is 0. The molecule has 94 heavy (non-hydrogen) atoms. The van der Waals surface area contributed by atoms with Crippen LogP contribution in [0.15, 0.2) is 0 Å². The number of aliphatic hydroxyl groups excluding tert-OH is 1. The molecule has 0 aliphatic rings. The lowest BCUT2D eigenvalue weighted by atomic mass is 10.0. The topological polar surface area (TPSA) is 237 Å². The van der Waals surface area contributed by atoms with Crippen LogP contribution in [-0.4, -0.2) is 96.7 Å². The third kappa shape index (κ3) is 68.6. The van der Waals surface area contributed by atoms with Crippen LogP contribution in [0.25, 0.3) is 0 Å². The van der Waals surface area contributed by atoms with E-state index in [0.717, 1.165) is 89.9 Å². The first kappa shape index (κ1) is 92.1. The van der Waals surface area contributed by atoms with Gasteiger partial charge < -0.3 is 33.8 Å². The summed E-state index contributed by atoms with van der Waals surface area (Å²) in [5, 5.41) is 10.6. The first-order chi connectivity index (χ1) is 45.7. The number of hydrogen-bond donors (Lipinski definition) is 3. The lowest BCUT2D eigenvalue weighted by Gasteiger charge is -2.21. The first-order valence-corrected chi connectivity index (χ1v) is 42.3. The third-order valence-corrected chi connectivity index (χ3v) is 19.5. The number of esters is 4. The number of aliphatic hydroxyl groups is 1. The van der Waals surface area contributed by atoms with E-state index in [1.165, 1.54) is 231 Å². The average Bonchev–Trinajstić information content (AvgIpc) is 1.40. The Bertz CT molecular complexity index is 1790. The number of hydrogen-bond acceptors (Lipinski definition) is 15.